The second-order valence-corrected chi connectivity index (χ2v) is 3.73. The van der Waals surface area contributed by atoms with Crippen molar-refractivity contribution in [3.05, 3.63) is 34.3 Å². The standard InChI is InChI=1S/C11H14BrNO/c1-14-11-6-5-9(8-10(11)12)4-2-3-7-13/h2,4-6,8H,3,7,13H2,1H3/b4-2+. The highest BCUT2D eigenvalue weighted by molar-refractivity contribution is 9.10. The topological polar surface area (TPSA) is 35.2 Å². The van der Waals surface area contributed by atoms with Gasteiger partial charge in [-0.15, -0.1) is 0 Å². The van der Waals surface area contributed by atoms with Gasteiger partial charge in [0.05, 0.1) is 11.6 Å². The third kappa shape index (κ3) is 3.16. The lowest BCUT2D eigenvalue weighted by molar-refractivity contribution is 0.412. The Morgan fingerprint density at radius 2 is 2.29 bits per heavy atom. The molecule has 1 aromatic rings. The summed E-state index contributed by atoms with van der Waals surface area (Å²) < 4.78 is 6.10. The van der Waals surface area contributed by atoms with E-state index in [1.807, 2.05) is 18.2 Å². The predicted molar refractivity (Wildman–Crippen MR) is 63.4 cm³/mol. The zero-order chi connectivity index (χ0) is 10.4. The largest absolute Gasteiger partial charge is 0.496 e. The number of ether oxygens (including phenoxy) is 1. The fourth-order valence-electron chi connectivity index (χ4n) is 1.10. The Bertz CT molecular complexity index is 323. The van der Waals surface area contributed by atoms with Gasteiger partial charge in [-0.05, 0) is 46.6 Å². The van der Waals surface area contributed by atoms with Crippen molar-refractivity contribution in [3.63, 3.8) is 0 Å². The summed E-state index contributed by atoms with van der Waals surface area (Å²) in [6, 6.07) is 5.97. The summed E-state index contributed by atoms with van der Waals surface area (Å²) in [5.41, 5.74) is 6.53. The van der Waals surface area contributed by atoms with Gasteiger partial charge in [-0.3, -0.25) is 0 Å². The van der Waals surface area contributed by atoms with Crippen LogP contribution in [0.5, 0.6) is 5.75 Å². The van der Waals surface area contributed by atoms with E-state index in [1.165, 1.54) is 0 Å². The highest BCUT2D eigenvalue weighted by Crippen LogP contribution is 2.25. The molecule has 14 heavy (non-hydrogen) atoms. The van der Waals surface area contributed by atoms with E-state index in [0.717, 1.165) is 22.2 Å². The lowest BCUT2D eigenvalue weighted by Gasteiger charge is -2.03. The molecule has 0 heterocycles. The van der Waals surface area contributed by atoms with Crippen LogP contribution in [0.4, 0.5) is 0 Å². The normalized spacial score (nSPS) is 10.8. The van der Waals surface area contributed by atoms with Gasteiger partial charge >= 0.3 is 0 Å². The summed E-state index contributed by atoms with van der Waals surface area (Å²) in [7, 11) is 1.66. The van der Waals surface area contributed by atoms with Gasteiger partial charge in [0.1, 0.15) is 5.75 Å². The molecule has 0 aliphatic heterocycles. The molecule has 0 saturated heterocycles. The third-order valence-corrected chi connectivity index (χ3v) is 2.44. The molecule has 1 rings (SSSR count). The van der Waals surface area contributed by atoms with E-state index >= 15 is 0 Å². The van der Waals surface area contributed by atoms with Gasteiger partial charge in [-0.25, -0.2) is 0 Å². The summed E-state index contributed by atoms with van der Waals surface area (Å²) in [6.45, 7) is 0.688. The average Bonchev–Trinajstić information content (AvgIpc) is 2.18. The van der Waals surface area contributed by atoms with Crippen LogP contribution in [0.2, 0.25) is 0 Å². The molecule has 0 aromatic heterocycles. The molecule has 0 fully saturated rings. The first-order chi connectivity index (χ1) is 6.77. The summed E-state index contributed by atoms with van der Waals surface area (Å²) >= 11 is 3.43. The monoisotopic (exact) mass is 255 g/mol. The van der Waals surface area contributed by atoms with Crippen molar-refractivity contribution in [2.24, 2.45) is 5.73 Å². The Morgan fingerprint density at radius 1 is 1.50 bits per heavy atom. The van der Waals surface area contributed by atoms with Crippen LogP contribution in [0, 0.1) is 0 Å². The number of benzene rings is 1. The molecule has 3 heteroatoms. The number of rotatable bonds is 4. The van der Waals surface area contributed by atoms with Crippen molar-refractivity contribution in [3.8, 4) is 5.75 Å². The molecule has 0 bridgehead atoms. The van der Waals surface area contributed by atoms with E-state index in [2.05, 4.69) is 28.1 Å². The molecule has 0 unspecified atom stereocenters. The number of halogens is 1. The van der Waals surface area contributed by atoms with Crippen molar-refractivity contribution >= 4 is 22.0 Å². The summed E-state index contributed by atoms with van der Waals surface area (Å²) in [5, 5.41) is 0. The molecule has 0 aliphatic rings. The lowest BCUT2D eigenvalue weighted by Crippen LogP contribution is -1.94. The minimum absolute atomic E-state index is 0.688. The van der Waals surface area contributed by atoms with Crippen LogP contribution in [0.15, 0.2) is 28.7 Å². The van der Waals surface area contributed by atoms with Gasteiger partial charge in [-0.2, -0.15) is 0 Å². The van der Waals surface area contributed by atoms with E-state index in [4.69, 9.17) is 10.5 Å². The number of nitrogens with two attached hydrogens (primary N) is 1. The van der Waals surface area contributed by atoms with E-state index < -0.39 is 0 Å². The number of hydrogen-bond donors (Lipinski definition) is 1. The Balaban J connectivity index is 2.76. The van der Waals surface area contributed by atoms with Crippen LogP contribution in [0.3, 0.4) is 0 Å². The molecule has 2 nitrogen and oxygen atoms in total. The van der Waals surface area contributed by atoms with Crippen molar-refractivity contribution < 1.29 is 4.74 Å². The fourth-order valence-corrected chi connectivity index (χ4v) is 1.66. The lowest BCUT2D eigenvalue weighted by atomic mass is 10.2. The second-order valence-electron chi connectivity index (χ2n) is 2.87. The first kappa shape index (κ1) is 11.3. The number of methoxy groups -OCH3 is 1. The van der Waals surface area contributed by atoms with Crippen LogP contribution in [-0.4, -0.2) is 13.7 Å². The Hall–Kier alpha value is -0.800. The minimum Gasteiger partial charge on any atom is -0.496 e. The molecule has 0 aliphatic carbocycles. The van der Waals surface area contributed by atoms with Crippen LogP contribution in [-0.2, 0) is 0 Å². The fraction of sp³-hybridized carbons (Fsp3) is 0.273. The minimum atomic E-state index is 0.688. The first-order valence-electron chi connectivity index (χ1n) is 4.48. The molecule has 0 saturated carbocycles. The maximum Gasteiger partial charge on any atom is 0.133 e. The van der Waals surface area contributed by atoms with Gasteiger partial charge in [0, 0.05) is 0 Å². The molecule has 0 spiro atoms. The average molecular weight is 256 g/mol. The van der Waals surface area contributed by atoms with Gasteiger partial charge in [0.15, 0.2) is 0 Å². The van der Waals surface area contributed by atoms with Crippen LogP contribution >= 0.6 is 15.9 Å². The van der Waals surface area contributed by atoms with Crippen molar-refractivity contribution in [2.45, 2.75) is 6.42 Å². The molecular formula is C11H14BrNO. The molecular weight excluding hydrogens is 242 g/mol. The van der Waals surface area contributed by atoms with Crippen molar-refractivity contribution in [1.82, 2.24) is 0 Å². The van der Waals surface area contributed by atoms with E-state index in [1.54, 1.807) is 7.11 Å². The Morgan fingerprint density at radius 3 is 2.86 bits per heavy atom. The Kier molecular flexibility index (Phi) is 4.70. The van der Waals surface area contributed by atoms with E-state index in [9.17, 15) is 0 Å². The molecule has 0 atom stereocenters. The highest BCUT2D eigenvalue weighted by atomic mass is 79.9. The van der Waals surface area contributed by atoms with Gasteiger partial charge in [0.2, 0.25) is 0 Å². The molecule has 0 radical (unpaired) electrons. The zero-order valence-corrected chi connectivity index (χ0v) is 9.75. The van der Waals surface area contributed by atoms with Crippen LogP contribution in [0.25, 0.3) is 6.08 Å². The maximum absolute atomic E-state index is 5.39. The Labute approximate surface area is 92.9 Å². The summed E-state index contributed by atoms with van der Waals surface area (Å²) in [5.74, 6) is 0.848. The smallest absolute Gasteiger partial charge is 0.133 e. The van der Waals surface area contributed by atoms with Crippen LogP contribution in [0.1, 0.15) is 12.0 Å². The van der Waals surface area contributed by atoms with Crippen LogP contribution < -0.4 is 10.5 Å². The first-order valence-corrected chi connectivity index (χ1v) is 5.27. The molecule has 2 N–H and O–H groups in total. The molecule has 76 valence electrons. The summed E-state index contributed by atoms with van der Waals surface area (Å²) in [4.78, 5) is 0. The van der Waals surface area contributed by atoms with Gasteiger partial charge in [-0.1, -0.05) is 18.2 Å². The van der Waals surface area contributed by atoms with E-state index in [-0.39, 0.29) is 0 Å². The number of hydrogen-bond acceptors (Lipinski definition) is 2. The van der Waals surface area contributed by atoms with Crippen molar-refractivity contribution in [1.29, 1.82) is 0 Å². The van der Waals surface area contributed by atoms with E-state index in [0.29, 0.717) is 6.54 Å². The zero-order valence-electron chi connectivity index (χ0n) is 8.16. The molecule has 0 amide bonds. The van der Waals surface area contributed by atoms with Gasteiger partial charge in [0.25, 0.3) is 0 Å². The predicted octanol–water partition coefficient (Wildman–Crippen LogP) is 2.82. The summed E-state index contributed by atoms with van der Waals surface area (Å²) in [6.07, 6.45) is 5.02. The SMILES string of the molecule is COc1ccc(/C=C/CCN)cc1Br. The van der Waals surface area contributed by atoms with Gasteiger partial charge < -0.3 is 10.5 Å². The molecule has 1 aromatic carbocycles. The highest BCUT2D eigenvalue weighted by Gasteiger charge is 1.98. The quantitative estimate of drug-likeness (QED) is 0.899. The third-order valence-electron chi connectivity index (χ3n) is 1.82. The maximum atomic E-state index is 5.39. The second kappa shape index (κ2) is 5.83. The van der Waals surface area contributed by atoms with Crippen molar-refractivity contribution in [2.75, 3.05) is 13.7 Å².